The van der Waals surface area contributed by atoms with Gasteiger partial charge in [-0.2, -0.15) is 4.98 Å². The first-order valence-electron chi connectivity index (χ1n) is 8.24. The van der Waals surface area contributed by atoms with Gasteiger partial charge in [0, 0.05) is 10.7 Å². The van der Waals surface area contributed by atoms with Crippen molar-refractivity contribution in [2.24, 2.45) is 0 Å². The Balaban J connectivity index is 1.90. The van der Waals surface area contributed by atoms with Gasteiger partial charge >= 0.3 is 5.69 Å². The van der Waals surface area contributed by atoms with Crippen LogP contribution in [-0.2, 0) is 0 Å². The first-order valence-corrected chi connectivity index (χ1v) is 8.61. The molecule has 1 aliphatic rings. The SMILES string of the molecule is Cc1cc(Cl)ccc1Nc1ncnc(OC2CCCCC2)c1[N+](=O)[O-]. The smallest absolute Gasteiger partial charge is 0.373 e. The number of nitrogens with zero attached hydrogens (tertiary/aromatic N) is 3. The summed E-state index contributed by atoms with van der Waals surface area (Å²) in [6, 6.07) is 5.24. The van der Waals surface area contributed by atoms with Gasteiger partial charge in [-0.05, 0) is 56.4 Å². The minimum Gasteiger partial charge on any atom is -0.469 e. The summed E-state index contributed by atoms with van der Waals surface area (Å²) in [5, 5.41) is 15.2. The van der Waals surface area contributed by atoms with Crippen LogP contribution in [0.4, 0.5) is 17.2 Å². The third-order valence-corrected chi connectivity index (χ3v) is 4.48. The normalized spacial score (nSPS) is 15.0. The molecule has 1 heterocycles. The van der Waals surface area contributed by atoms with Gasteiger partial charge in [0.2, 0.25) is 5.82 Å². The minimum atomic E-state index is -0.508. The maximum atomic E-state index is 11.6. The lowest BCUT2D eigenvalue weighted by molar-refractivity contribution is -0.385. The number of hydrogen-bond donors (Lipinski definition) is 1. The average Bonchev–Trinajstić information content (AvgIpc) is 2.58. The number of ether oxygens (including phenoxy) is 1. The third kappa shape index (κ3) is 4.17. The van der Waals surface area contributed by atoms with Crippen LogP contribution in [0.25, 0.3) is 0 Å². The fourth-order valence-electron chi connectivity index (χ4n) is 2.94. The molecule has 1 aliphatic carbocycles. The van der Waals surface area contributed by atoms with Gasteiger partial charge in [-0.1, -0.05) is 18.0 Å². The Kier molecular flexibility index (Phi) is 5.33. The highest BCUT2D eigenvalue weighted by atomic mass is 35.5. The molecular weight excluding hydrogens is 344 g/mol. The lowest BCUT2D eigenvalue weighted by atomic mass is 9.98. The topological polar surface area (TPSA) is 90.2 Å². The van der Waals surface area contributed by atoms with Crippen molar-refractivity contribution < 1.29 is 9.66 Å². The van der Waals surface area contributed by atoms with Crippen molar-refractivity contribution in [3.63, 3.8) is 0 Å². The first kappa shape index (κ1) is 17.4. The summed E-state index contributed by atoms with van der Waals surface area (Å²) in [6.07, 6.45) is 6.33. The molecule has 25 heavy (non-hydrogen) atoms. The minimum absolute atomic E-state index is 0.0148. The molecule has 0 radical (unpaired) electrons. The standard InChI is InChI=1S/C17H19ClN4O3/c1-11-9-12(18)7-8-14(11)21-16-15(22(23)24)17(20-10-19-16)25-13-5-3-2-4-6-13/h7-10,13H,2-6H2,1H3,(H,19,20,21). The van der Waals surface area contributed by atoms with Crippen LogP contribution in [0.15, 0.2) is 24.5 Å². The van der Waals surface area contributed by atoms with Crippen molar-refractivity contribution in [3.8, 4) is 5.88 Å². The Hall–Kier alpha value is -2.41. The maximum Gasteiger partial charge on any atom is 0.373 e. The molecular formula is C17H19ClN4O3. The number of aromatic nitrogens is 2. The number of nitrogens with one attached hydrogen (secondary N) is 1. The number of benzene rings is 1. The van der Waals surface area contributed by atoms with Crippen LogP contribution in [0.2, 0.25) is 5.02 Å². The van der Waals surface area contributed by atoms with Gasteiger partial charge in [0.25, 0.3) is 5.88 Å². The van der Waals surface area contributed by atoms with E-state index in [9.17, 15) is 10.1 Å². The van der Waals surface area contributed by atoms with E-state index in [0.29, 0.717) is 10.7 Å². The molecule has 0 spiro atoms. The van der Waals surface area contributed by atoms with Crippen LogP contribution in [0.3, 0.4) is 0 Å². The molecule has 1 fully saturated rings. The van der Waals surface area contributed by atoms with Crippen molar-refractivity contribution in [2.45, 2.75) is 45.1 Å². The molecule has 3 rings (SSSR count). The summed E-state index contributed by atoms with van der Waals surface area (Å²) in [6.45, 7) is 1.86. The molecule has 0 aliphatic heterocycles. The van der Waals surface area contributed by atoms with E-state index in [2.05, 4.69) is 15.3 Å². The second-order valence-electron chi connectivity index (χ2n) is 6.10. The summed E-state index contributed by atoms with van der Waals surface area (Å²) < 4.78 is 5.82. The quantitative estimate of drug-likeness (QED) is 0.606. The Bertz CT molecular complexity index is 778. The molecule has 0 amide bonds. The molecule has 0 unspecified atom stereocenters. The van der Waals surface area contributed by atoms with E-state index >= 15 is 0 Å². The number of aryl methyl sites for hydroxylation is 1. The fraction of sp³-hybridized carbons (Fsp3) is 0.412. The molecule has 0 bridgehead atoms. The van der Waals surface area contributed by atoms with Crippen LogP contribution < -0.4 is 10.1 Å². The molecule has 0 atom stereocenters. The second-order valence-corrected chi connectivity index (χ2v) is 6.53. The average molecular weight is 363 g/mol. The molecule has 132 valence electrons. The molecule has 1 aromatic carbocycles. The zero-order chi connectivity index (χ0) is 17.8. The van der Waals surface area contributed by atoms with Gasteiger partial charge in [-0.3, -0.25) is 10.1 Å². The molecule has 1 N–H and O–H groups in total. The van der Waals surface area contributed by atoms with Crippen LogP contribution in [0.1, 0.15) is 37.7 Å². The van der Waals surface area contributed by atoms with Crippen molar-refractivity contribution >= 4 is 28.8 Å². The predicted octanol–water partition coefficient (Wildman–Crippen LogP) is 4.80. The maximum absolute atomic E-state index is 11.6. The summed E-state index contributed by atoms with van der Waals surface area (Å²) in [7, 11) is 0. The van der Waals surface area contributed by atoms with Gasteiger partial charge < -0.3 is 10.1 Å². The lowest BCUT2D eigenvalue weighted by Crippen LogP contribution is -2.21. The van der Waals surface area contributed by atoms with Gasteiger partial charge in [0.1, 0.15) is 12.4 Å². The molecule has 0 saturated heterocycles. The fourth-order valence-corrected chi connectivity index (χ4v) is 3.17. The molecule has 8 heteroatoms. The highest BCUT2D eigenvalue weighted by molar-refractivity contribution is 6.30. The van der Waals surface area contributed by atoms with E-state index in [-0.39, 0.29) is 23.5 Å². The van der Waals surface area contributed by atoms with Gasteiger partial charge in [-0.15, -0.1) is 0 Å². The van der Waals surface area contributed by atoms with E-state index in [1.165, 1.54) is 12.7 Å². The lowest BCUT2D eigenvalue weighted by Gasteiger charge is -2.22. The summed E-state index contributed by atoms with van der Waals surface area (Å²) in [5.41, 5.74) is 1.30. The van der Waals surface area contributed by atoms with Crippen LogP contribution in [0, 0.1) is 17.0 Å². The first-order chi connectivity index (χ1) is 12.0. The Labute approximate surface area is 150 Å². The molecule has 2 aromatic rings. The van der Waals surface area contributed by atoms with E-state index in [0.717, 1.165) is 31.2 Å². The Morgan fingerprint density at radius 3 is 2.72 bits per heavy atom. The number of anilines is 2. The van der Waals surface area contributed by atoms with Crippen LogP contribution in [0.5, 0.6) is 5.88 Å². The zero-order valence-corrected chi connectivity index (χ0v) is 14.6. The van der Waals surface area contributed by atoms with Crippen molar-refractivity contribution in [2.75, 3.05) is 5.32 Å². The van der Waals surface area contributed by atoms with Crippen molar-refractivity contribution in [1.82, 2.24) is 9.97 Å². The summed E-state index contributed by atoms with van der Waals surface area (Å²) in [5.74, 6) is 0.122. The Morgan fingerprint density at radius 1 is 1.28 bits per heavy atom. The summed E-state index contributed by atoms with van der Waals surface area (Å²) in [4.78, 5) is 19.1. The third-order valence-electron chi connectivity index (χ3n) is 4.24. The van der Waals surface area contributed by atoms with Crippen molar-refractivity contribution in [1.29, 1.82) is 0 Å². The van der Waals surface area contributed by atoms with E-state index in [1.54, 1.807) is 18.2 Å². The Morgan fingerprint density at radius 2 is 2.04 bits per heavy atom. The van der Waals surface area contributed by atoms with E-state index in [4.69, 9.17) is 16.3 Å². The number of halogens is 1. The molecule has 1 saturated carbocycles. The molecule has 1 aromatic heterocycles. The summed E-state index contributed by atoms with van der Waals surface area (Å²) >= 11 is 5.95. The van der Waals surface area contributed by atoms with E-state index < -0.39 is 4.92 Å². The second kappa shape index (κ2) is 7.65. The number of hydrogen-bond acceptors (Lipinski definition) is 6. The number of rotatable bonds is 5. The van der Waals surface area contributed by atoms with Crippen molar-refractivity contribution in [3.05, 3.63) is 45.2 Å². The van der Waals surface area contributed by atoms with Crippen LogP contribution in [-0.4, -0.2) is 21.0 Å². The highest BCUT2D eigenvalue weighted by Gasteiger charge is 2.27. The van der Waals surface area contributed by atoms with Crippen LogP contribution >= 0.6 is 11.6 Å². The monoisotopic (exact) mass is 362 g/mol. The highest BCUT2D eigenvalue weighted by Crippen LogP contribution is 2.35. The number of nitro groups is 1. The van der Waals surface area contributed by atoms with Gasteiger partial charge in [0.15, 0.2) is 0 Å². The van der Waals surface area contributed by atoms with E-state index in [1.807, 2.05) is 6.92 Å². The predicted molar refractivity (Wildman–Crippen MR) is 95.7 cm³/mol. The largest absolute Gasteiger partial charge is 0.469 e. The zero-order valence-electron chi connectivity index (χ0n) is 13.9. The van der Waals surface area contributed by atoms with Gasteiger partial charge in [-0.25, -0.2) is 4.98 Å². The molecule has 7 nitrogen and oxygen atoms in total. The van der Waals surface area contributed by atoms with Gasteiger partial charge in [0.05, 0.1) is 4.92 Å².